The van der Waals surface area contributed by atoms with Crippen LogP contribution in [-0.4, -0.2) is 30.1 Å². The van der Waals surface area contributed by atoms with Gasteiger partial charge < -0.3 is 15.7 Å². The van der Waals surface area contributed by atoms with Crippen molar-refractivity contribution in [2.24, 2.45) is 5.92 Å². The number of aliphatic hydroxyl groups excluding tert-OH is 1. The molecule has 1 rings (SSSR count). The molecule has 0 heterocycles. The van der Waals surface area contributed by atoms with Gasteiger partial charge in [-0.2, -0.15) is 0 Å². The summed E-state index contributed by atoms with van der Waals surface area (Å²) in [6.45, 7) is 4.16. The fourth-order valence-corrected chi connectivity index (χ4v) is 1.85. The third-order valence-electron chi connectivity index (χ3n) is 2.81. The van der Waals surface area contributed by atoms with Crippen molar-refractivity contribution in [1.82, 2.24) is 5.32 Å². The minimum absolute atomic E-state index is 0.0577. The Morgan fingerprint density at radius 2 is 2.05 bits per heavy atom. The SMILES string of the molecule is Cc1ccc(NC(=O)C(=O)NCC(C)CCO)c(Cl)c1. The molecule has 1 aromatic rings. The molecule has 5 nitrogen and oxygen atoms in total. The minimum atomic E-state index is -0.757. The zero-order chi connectivity index (χ0) is 15.1. The van der Waals surface area contributed by atoms with Crippen molar-refractivity contribution in [2.75, 3.05) is 18.5 Å². The number of anilines is 1. The first kappa shape index (κ1) is 16.5. The van der Waals surface area contributed by atoms with E-state index in [1.807, 2.05) is 13.8 Å². The van der Waals surface area contributed by atoms with Gasteiger partial charge in [-0.25, -0.2) is 0 Å². The molecule has 0 fully saturated rings. The first-order valence-corrected chi connectivity index (χ1v) is 6.78. The van der Waals surface area contributed by atoms with Crippen molar-refractivity contribution in [3.8, 4) is 0 Å². The molecular formula is C14H19ClN2O3. The summed E-state index contributed by atoms with van der Waals surface area (Å²) >= 11 is 5.97. The highest BCUT2D eigenvalue weighted by Crippen LogP contribution is 2.22. The van der Waals surface area contributed by atoms with Gasteiger partial charge in [-0.15, -0.1) is 0 Å². The van der Waals surface area contributed by atoms with Crippen LogP contribution in [0, 0.1) is 12.8 Å². The highest BCUT2D eigenvalue weighted by Gasteiger charge is 2.15. The van der Waals surface area contributed by atoms with E-state index in [0.717, 1.165) is 5.56 Å². The molecule has 3 N–H and O–H groups in total. The van der Waals surface area contributed by atoms with E-state index in [4.69, 9.17) is 16.7 Å². The van der Waals surface area contributed by atoms with Crippen LogP contribution in [0.25, 0.3) is 0 Å². The number of halogens is 1. The Morgan fingerprint density at radius 1 is 1.35 bits per heavy atom. The smallest absolute Gasteiger partial charge is 0.313 e. The maximum Gasteiger partial charge on any atom is 0.313 e. The van der Waals surface area contributed by atoms with Gasteiger partial charge in [0.1, 0.15) is 0 Å². The number of carbonyl (C=O) groups is 2. The molecule has 0 aliphatic rings. The Kier molecular flexibility index (Phi) is 6.48. The molecule has 0 radical (unpaired) electrons. The number of benzene rings is 1. The van der Waals surface area contributed by atoms with Crippen LogP contribution in [-0.2, 0) is 9.59 Å². The molecule has 0 spiro atoms. The third-order valence-corrected chi connectivity index (χ3v) is 3.12. The lowest BCUT2D eigenvalue weighted by molar-refractivity contribution is -0.136. The number of hydrogen-bond acceptors (Lipinski definition) is 3. The number of aryl methyl sites for hydroxylation is 1. The Hall–Kier alpha value is -1.59. The Balaban J connectivity index is 2.51. The van der Waals surface area contributed by atoms with Crippen molar-refractivity contribution in [2.45, 2.75) is 20.3 Å². The first-order valence-electron chi connectivity index (χ1n) is 6.40. The molecule has 0 bridgehead atoms. The number of hydrogen-bond donors (Lipinski definition) is 3. The predicted octanol–water partition coefficient (Wildman–Crippen LogP) is 1.72. The van der Waals surface area contributed by atoms with Crippen LogP contribution in [0.1, 0.15) is 18.9 Å². The van der Waals surface area contributed by atoms with Crippen LogP contribution < -0.4 is 10.6 Å². The van der Waals surface area contributed by atoms with Gasteiger partial charge in [-0.1, -0.05) is 24.6 Å². The number of carbonyl (C=O) groups excluding carboxylic acids is 2. The Labute approximate surface area is 123 Å². The van der Waals surface area contributed by atoms with E-state index >= 15 is 0 Å². The van der Waals surface area contributed by atoms with Crippen LogP contribution in [0.15, 0.2) is 18.2 Å². The van der Waals surface area contributed by atoms with Crippen molar-refractivity contribution >= 4 is 29.1 Å². The van der Waals surface area contributed by atoms with Crippen LogP contribution >= 0.6 is 11.6 Å². The van der Waals surface area contributed by atoms with Gasteiger partial charge in [-0.05, 0) is 37.0 Å². The van der Waals surface area contributed by atoms with Gasteiger partial charge in [0.25, 0.3) is 0 Å². The normalized spacial score (nSPS) is 11.8. The van der Waals surface area contributed by atoms with Crippen LogP contribution in [0.3, 0.4) is 0 Å². The first-order chi connectivity index (χ1) is 9.43. The van der Waals surface area contributed by atoms with E-state index in [-0.39, 0.29) is 12.5 Å². The van der Waals surface area contributed by atoms with E-state index < -0.39 is 11.8 Å². The highest BCUT2D eigenvalue weighted by molar-refractivity contribution is 6.41. The minimum Gasteiger partial charge on any atom is -0.396 e. The second-order valence-corrected chi connectivity index (χ2v) is 5.17. The molecule has 1 unspecified atom stereocenters. The average molecular weight is 299 g/mol. The van der Waals surface area contributed by atoms with E-state index in [9.17, 15) is 9.59 Å². The van der Waals surface area contributed by atoms with Crippen molar-refractivity contribution in [1.29, 1.82) is 0 Å². The highest BCUT2D eigenvalue weighted by atomic mass is 35.5. The van der Waals surface area contributed by atoms with Crippen molar-refractivity contribution in [3.05, 3.63) is 28.8 Å². The third kappa shape index (κ3) is 5.19. The number of rotatable bonds is 5. The Bertz CT molecular complexity index is 491. The van der Waals surface area contributed by atoms with E-state index in [1.54, 1.807) is 18.2 Å². The maximum atomic E-state index is 11.7. The lowest BCUT2D eigenvalue weighted by atomic mass is 10.1. The number of aliphatic hydroxyl groups is 1. The average Bonchev–Trinajstić information content (AvgIpc) is 2.39. The molecule has 0 aliphatic carbocycles. The van der Waals surface area contributed by atoms with Gasteiger partial charge in [0.05, 0.1) is 10.7 Å². The molecule has 1 aromatic carbocycles. The summed E-state index contributed by atoms with van der Waals surface area (Å²) < 4.78 is 0. The molecule has 0 aliphatic heterocycles. The summed E-state index contributed by atoms with van der Waals surface area (Å²) in [4.78, 5) is 23.3. The largest absolute Gasteiger partial charge is 0.396 e. The number of nitrogens with one attached hydrogen (secondary N) is 2. The van der Waals surface area contributed by atoms with Crippen molar-refractivity contribution in [3.63, 3.8) is 0 Å². The summed E-state index contributed by atoms with van der Waals surface area (Å²) in [5, 5.41) is 14.1. The van der Waals surface area contributed by atoms with Gasteiger partial charge in [-0.3, -0.25) is 9.59 Å². The quantitative estimate of drug-likeness (QED) is 0.724. The molecule has 0 saturated heterocycles. The molecule has 0 aromatic heterocycles. The van der Waals surface area contributed by atoms with Gasteiger partial charge in [0.15, 0.2) is 0 Å². The van der Waals surface area contributed by atoms with Crippen LogP contribution in [0.5, 0.6) is 0 Å². The summed E-state index contributed by atoms with van der Waals surface area (Å²) in [5.74, 6) is -1.36. The molecule has 20 heavy (non-hydrogen) atoms. The summed E-state index contributed by atoms with van der Waals surface area (Å²) in [6.07, 6.45) is 0.575. The topological polar surface area (TPSA) is 78.4 Å². The van der Waals surface area contributed by atoms with Crippen LogP contribution in [0.4, 0.5) is 5.69 Å². The van der Waals surface area contributed by atoms with E-state index in [2.05, 4.69) is 10.6 Å². The van der Waals surface area contributed by atoms with Gasteiger partial charge in [0, 0.05) is 13.2 Å². The zero-order valence-electron chi connectivity index (χ0n) is 11.6. The van der Waals surface area contributed by atoms with Gasteiger partial charge in [0.2, 0.25) is 0 Å². The summed E-state index contributed by atoms with van der Waals surface area (Å²) in [5.41, 5.74) is 1.37. The molecule has 0 saturated carbocycles. The number of amides is 2. The summed E-state index contributed by atoms with van der Waals surface area (Å²) in [6, 6.07) is 5.15. The lowest BCUT2D eigenvalue weighted by Gasteiger charge is -2.11. The van der Waals surface area contributed by atoms with Crippen LogP contribution in [0.2, 0.25) is 5.02 Å². The van der Waals surface area contributed by atoms with E-state index in [0.29, 0.717) is 23.7 Å². The second kappa shape index (κ2) is 7.87. The zero-order valence-corrected chi connectivity index (χ0v) is 12.3. The molecule has 6 heteroatoms. The fraction of sp³-hybridized carbons (Fsp3) is 0.429. The van der Waals surface area contributed by atoms with Crippen molar-refractivity contribution < 1.29 is 14.7 Å². The second-order valence-electron chi connectivity index (χ2n) is 4.76. The fourth-order valence-electron chi connectivity index (χ4n) is 1.57. The van der Waals surface area contributed by atoms with E-state index in [1.165, 1.54) is 0 Å². The predicted molar refractivity (Wildman–Crippen MR) is 78.7 cm³/mol. The van der Waals surface area contributed by atoms with Gasteiger partial charge >= 0.3 is 11.8 Å². The maximum absolute atomic E-state index is 11.7. The standard InChI is InChI=1S/C14H19ClN2O3/c1-9-3-4-12(11(15)7-9)17-14(20)13(19)16-8-10(2)5-6-18/h3-4,7,10,18H,5-6,8H2,1-2H3,(H,16,19)(H,17,20). The molecule has 110 valence electrons. The lowest BCUT2D eigenvalue weighted by Crippen LogP contribution is -2.37. The summed E-state index contributed by atoms with van der Waals surface area (Å²) in [7, 11) is 0. The Morgan fingerprint density at radius 3 is 2.65 bits per heavy atom. The molecule has 2 amide bonds. The molecular weight excluding hydrogens is 280 g/mol. The molecule has 1 atom stereocenters. The monoisotopic (exact) mass is 298 g/mol.